The number of phenolic OH excluding ortho intramolecular Hbond substituents is 1. The second-order valence-electron chi connectivity index (χ2n) is 7.42. The first-order chi connectivity index (χ1) is 15.0. The van der Waals surface area contributed by atoms with Crippen LogP contribution in [-0.2, 0) is 28.4 Å². The van der Waals surface area contributed by atoms with Crippen molar-refractivity contribution in [2.75, 3.05) is 21.6 Å². The van der Waals surface area contributed by atoms with Crippen LogP contribution in [0.3, 0.4) is 0 Å². The van der Waals surface area contributed by atoms with Crippen LogP contribution in [0.15, 0.2) is 47.6 Å². The van der Waals surface area contributed by atoms with Crippen LogP contribution in [0.1, 0.15) is 17.0 Å². The fraction of sp³-hybridized carbons (Fsp3) is 0.286. The van der Waals surface area contributed by atoms with Gasteiger partial charge in [-0.2, -0.15) is 0 Å². The number of rotatable bonds is 8. The van der Waals surface area contributed by atoms with Crippen molar-refractivity contribution in [3.63, 3.8) is 0 Å². The minimum Gasteiger partial charge on any atom is -0.506 e. The number of anilines is 2. The molecule has 3 rings (SSSR count). The quantitative estimate of drug-likeness (QED) is 0.380. The monoisotopic (exact) mass is 475 g/mol. The molecule has 2 aromatic carbocycles. The number of aromatic hydroxyl groups is 1. The van der Waals surface area contributed by atoms with Crippen molar-refractivity contribution in [1.29, 1.82) is 0 Å². The average Bonchev–Trinajstić information content (AvgIpc) is 3.07. The van der Waals surface area contributed by atoms with Gasteiger partial charge in [0, 0.05) is 7.05 Å². The largest absolute Gasteiger partial charge is 0.506 e. The van der Waals surface area contributed by atoms with Crippen LogP contribution in [0, 0.1) is 13.8 Å². The van der Waals surface area contributed by atoms with Gasteiger partial charge in [0.05, 0.1) is 29.9 Å². The Bertz CT molecular complexity index is 1220. The molecule has 0 radical (unpaired) electrons. The van der Waals surface area contributed by atoms with Crippen LogP contribution in [0.2, 0.25) is 0 Å². The summed E-state index contributed by atoms with van der Waals surface area (Å²) in [5.74, 6) is 0.174. The fourth-order valence-corrected chi connectivity index (χ4v) is 4.50. The van der Waals surface area contributed by atoms with E-state index in [4.69, 9.17) is 0 Å². The number of hydrogen-bond donors (Lipinski definition) is 2. The molecule has 0 atom stereocenters. The van der Waals surface area contributed by atoms with Crippen molar-refractivity contribution in [2.45, 2.75) is 25.5 Å². The first-order valence-electron chi connectivity index (χ1n) is 9.69. The standard InChI is InChI=1S/C21H25N5O4S2/c1-14-5-8-16(9-6-14)26(32(4,29)30)12-19-23-24-21(25(19)3)31-13-20(28)22-17-11-15(2)7-10-18(17)27/h5-11,27H,12-13H2,1-4H3,(H,22,28). The molecule has 1 heterocycles. The SMILES string of the molecule is Cc1ccc(N(Cc2nnc(SCC(=O)Nc3cc(C)ccc3O)n2C)S(C)(=O)=O)cc1. The molecule has 0 fully saturated rings. The molecule has 0 saturated heterocycles. The van der Waals surface area contributed by atoms with E-state index in [2.05, 4.69) is 15.5 Å². The zero-order chi connectivity index (χ0) is 23.5. The summed E-state index contributed by atoms with van der Waals surface area (Å²) in [6, 6.07) is 12.1. The molecule has 9 nitrogen and oxygen atoms in total. The minimum absolute atomic E-state index is 0.00753. The molecule has 32 heavy (non-hydrogen) atoms. The van der Waals surface area contributed by atoms with E-state index >= 15 is 0 Å². The summed E-state index contributed by atoms with van der Waals surface area (Å²) in [5.41, 5.74) is 2.81. The maximum atomic E-state index is 12.4. The molecule has 0 aliphatic carbocycles. The Morgan fingerprint density at radius 1 is 1.12 bits per heavy atom. The summed E-state index contributed by atoms with van der Waals surface area (Å²) in [6.07, 6.45) is 1.14. The summed E-state index contributed by atoms with van der Waals surface area (Å²) in [5, 5.41) is 21.2. The number of sulfonamides is 1. The van der Waals surface area contributed by atoms with Crippen molar-refractivity contribution in [2.24, 2.45) is 7.05 Å². The number of nitrogens with zero attached hydrogens (tertiary/aromatic N) is 4. The van der Waals surface area contributed by atoms with E-state index < -0.39 is 10.0 Å². The molecule has 1 amide bonds. The highest BCUT2D eigenvalue weighted by Crippen LogP contribution is 2.25. The van der Waals surface area contributed by atoms with E-state index in [1.165, 1.54) is 22.1 Å². The molecular weight excluding hydrogens is 450 g/mol. The van der Waals surface area contributed by atoms with Crippen LogP contribution < -0.4 is 9.62 Å². The van der Waals surface area contributed by atoms with E-state index in [1.54, 1.807) is 35.9 Å². The number of carbonyl (C=O) groups excluding carboxylic acids is 1. The maximum absolute atomic E-state index is 12.4. The summed E-state index contributed by atoms with van der Waals surface area (Å²) < 4.78 is 27.7. The van der Waals surface area contributed by atoms with Gasteiger partial charge in [-0.25, -0.2) is 8.42 Å². The molecule has 3 aromatic rings. The van der Waals surface area contributed by atoms with Crippen LogP contribution in [0.4, 0.5) is 11.4 Å². The van der Waals surface area contributed by atoms with E-state index in [9.17, 15) is 18.3 Å². The molecule has 0 spiro atoms. The van der Waals surface area contributed by atoms with Crippen molar-refractivity contribution >= 4 is 39.1 Å². The Morgan fingerprint density at radius 2 is 1.78 bits per heavy atom. The zero-order valence-electron chi connectivity index (χ0n) is 18.2. The predicted molar refractivity (Wildman–Crippen MR) is 125 cm³/mol. The Morgan fingerprint density at radius 3 is 2.44 bits per heavy atom. The Labute approximate surface area is 191 Å². The minimum atomic E-state index is -3.55. The smallest absolute Gasteiger partial charge is 0.234 e. The molecule has 0 unspecified atom stereocenters. The second kappa shape index (κ2) is 9.61. The summed E-state index contributed by atoms with van der Waals surface area (Å²) in [4.78, 5) is 12.3. The highest BCUT2D eigenvalue weighted by Gasteiger charge is 2.21. The van der Waals surface area contributed by atoms with Crippen molar-refractivity contribution < 1.29 is 18.3 Å². The van der Waals surface area contributed by atoms with Gasteiger partial charge in [0.1, 0.15) is 5.75 Å². The highest BCUT2D eigenvalue weighted by atomic mass is 32.2. The van der Waals surface area contributed by atoms with E-state index in [0.717, 1.165) is 17.4 Å². The lowest BCUT2D eigenvalue weighted by Crippen LogP contribution is -2.30. The normalized spacial score (nSPS) is 11.4. The van der Waals surface area contributed by atoms with Gasteiger partial charge in [-0.1, -0.05) is 35.5 Å². The maximum Gasteiger partial charge on any atom is 0.234 e. The summed E-state index contributed by atoms with van der Waals surface area (Å²) >= 11 is 1.17. The van der Waals surface area contributed by atoms with E-state index in [0.29, 0.717) is 22.4 Å². The lowest BCUT2D eigenvalue weighted by molar-refractivity contribution is -0.113. The third kappa shape index (κ3) is 5.80. The lowest BCUT2D eigenvalue weighted by Gasteiger charge is -2.22. The molecule has 11 heteroatoms. The molecule has 0 bridgehead atoms. The van der Waals surface area contributed by atoms with Crippen LogP contribution in [0.25, 0.3) is 0 Å². The number of phenols is 1. The van der Waals surface area contributed by atoms with Crippen LogP contribution >= 0.6 is 11.8 Å². The van der Waals surface area contributed by atoms with E-state index in [1.807, 2.05) is 26.0 Å². The average molecular weight is 476 g/mol. The molecule has 2 N–H and O–H groups in total. The van der Waals surface area contributed by atoms with Gasteiger partial charge in [-0.3, -0.25) is 9.10 Å². The Hall–Kier alpha value is -3.05. The lowest BCUT2D eigenvalue weighted by atomic mass is 10.2. The number of aromatic nitrogens is 3. The summed E-state index contributed by atoms with van der Waals surface area (Å²) in [6.45, 7) is 3.80. The molecule has 0 aliphatic heterocycles. The van der Waals surface area contributed by atoms with Gasteiger partial charge in [-0.05, 0) is 43.7 Å². The van der Waals surface area contributed by atoms with Crippen molar-refractivity contribution in [1.82, 2.24) is 14.8 Å². The fourth-order valence-electron chi connectivity index (χ4n) is 2.91. The van der Waals surface area contributed by atoms with Crippen molar-refractivity contribution in [3.05, 3.63) is 59.4 Å². The van der Waals surface area contributed by atoms with Gasteiger partial charge in [0.25, 0.3) is 0 Å². The first kappa shape index (κ1) is 23.6. The third-order valence-corrected chi connectivity index (χ3v) is 6.85. The number of aryl methyl sites for hydroxylation is 2. The Balaban J connectivity index is 1.69. The second-order valence-corrected chi connectivity index (χ2v) is 10.3. The highest BCUT2D eigenvalue weighted by molar-refractivity contribution is 7.99. The molecule has 0 saturated carbocycles. The first-order valence-corrected chi connectivity index (χ1v) is 12.5. The van der Waals surface area contributed by atoms with Gasteiger partial charge < -0.3 is 15.0 Å². The number of hydrogen-bond acceptors (Lipinski definition) is 7. The van der Waals surface area contributed by atoms with Gasteiger partial charge >= 0.3 is 0 Å². The molecule has 0 aliphatic rings. The molecular formula is C21H25N5O4S2. The summed E-state index contributed by atoms with van der Waals surface area (Å²) in [7, 11) is -1.83. The molecule has 1 aromatic heterocycles. The van der Waals surface area contributed by atoms with Gasteiger partial charge in [0.2, 0.25) is 15.9 Å². The van der Waals surface area contributed by atoms with Crippen LogP contribution in [0.5, 0.6) is 5.75 Å². The number of carbonyl (C=O) groups is 1. The molecule has 170 valence electrons. The van der Waals surface area contributed by atoms with Gasteiger partial charge in [0.15, 0.2) is 11.0 Å². The van der Waals surface area contributed by atoms with Gasteiger partial charge in [-0.15, -0.1) is 10.2 Å². The van der Waals surface area contributed by atoms with E-state index in [-0.39, 0.29) is 24.0 Å². The number of benzene rings is 2. The number of nitrogens with one attached hydrogen (secondary N) is 1. The Kier molecular flexibility index (Phi) is 7.09. The number of amides is 1. The number of thioether (sulfide) groups is 1. The zero-order valence-corrected chi connectivity index (χ0v) is 19.9. The van der Waals surface area contributed by atoms with Crippen molar-refractivity contribution in [3.8, 4) is 5.75 Å². The topological polar surface area (TPSA) is 117 Å². The van der Waals surface area contributed by atoms with Crippen LogP contribution in [-0.4, -0.2) is 46.2 Å². The third-order valence-electron chi connectivity index (χ3n) is 4.69. The predicted octanol–water partition coefficient (Wildman–Crippen LogP) is 2.83.